The monoisotopic (exact) mass is 402 g/mol. The van der Waals surface area contributed by atoms with E-state index in [1.54, 1.807) is 39.5 Å². The van der Waals surface area contributed by atoms with Gasteiger partial charge in [-0.05, 0) is 12.8 Å². The Bertz CT molecular complexity index is 1000. The Morgan fingerprint density at radius 3 is 2.31 bits per heavy atom. The van der Waals surface area contributed by atoms with Gasteiger partial charge in [0, 0.05) is 57.1 Å². The highest BCUT2D eigenvalue weighted by Gasteiger charge is 2.28. The van der Waals surface area contributed by atoms with Crippen LogP contribution in [0, 0.1) is 5.92 Å². The zero-order chi connectivity index (χ0) is 21.1. The molecule has 1 fully saturated rings. The van der Waals surface area contributed by atoms with E-state index in [0.29, 0.717) is 36.1 Å². The molecule has 0 aliphatic carbocycles. The lowest BCUT2D eigenvalue weighted by Crippen LogP contribution is -2.45. The molecule has 9 heteroatoms. The lowest BCUT2D eigenvalue weighted by Gasteiger charge is -2.34. The fraction of sp³-hybridized carbons (Fsp3) is 0.450. The summed E-state index contributed by atoms with van der Waals surface area (Å²) in [4.78, 5) is 39.1. The highest BCUT2D eigenvalue weighted by Crippen LogP contribution is 2.27. The molecule has 1 aliphatic rings. The van der Waals surface area contributed by atoms with Crippen molar-refractivity contribution in [2.75, 3.05) is 37.5 Å². The average molecular weight is 402 g/mol. The third kappa shape index (κ3) is 4.28. The molecular weight excluding hydrogens is 376 g/mol. The predicted octanol–water partition coefficient (Wildman–Crippen LogP) is 0.956. The molecule has 2 heterocycles. The highest BCUT2D eigenvalue weighted by atomic mass is 16.5. The minimum Gasteiger partial charge on any atom is -0.497 e. The van der Waals surface area contributed by atoms with Crippen LogP contribution in [0.2, 0.25) is 0 Å². The number of ether oxygens (including phenoxy) is 2. The first-order valence-electron chi connectivity index (χ1n) is 9.40. The third-order valence-corrected chi connectivity index (χ3v) is 5.24. The topological polar surface area (TPSA) is 94.8 Å². The second-order valence-electron chi connectivity index (χ2n) is 7.12. The van der Waals surface area contributed by atoms with Crippen molar-refractivity contribution in [3.63, 3.8) is 0 Å². The van der Waals surface area contributed by atoms with Gasteiger partial charge in [0.05, 0.1) is 20.1 Å². The fourth-order valence-corrected chi connectivity index (χ4v) is 3.55. The van der Waals surface area contributed by atoms with E-state index in [-0.39, 0.29) is 23.1 Å². The largest absolute Gasteiger partial charge is 0.497 e. The molecule has 1 aromatic heterocycles. The van der Waals surface area contributed by atoms with Crippen LogP contribution in [0.15, 0.2) is 33.9 Å². The number of rotatable bonds is 5. The summed E-state index contributed by atoms with van der Waals surface area (Å²) in [6, 6.07) is 6.63. The molecule has 156 valence electrons. The minimum absolute atomic E-state index is 0.126. The van der Waals surface area contributed by atoms with Crippen molar-refractivity contribution in [1.29, 1.82) is 0 Å². The van der Waals surface area contributed by atoms with Crippen molar-refractivity contribution >= 4 is 17.4 Å². The molecule has 29 heavy (non-hydrogen) atoms. The van der Waals surface area contributed by atoms with Crippen LogP contribution < -0.4 is 30.9 Å². The first-order valence-corrected chi connectivity index (χ1v) is 9.40. The van der Waals surface area contributed by atoms with Gasteiger partial charge in [-0.3, -0.25) is 18.7 Å². The number of aromatic nitrogens is 2. The van der Waals surface area contributed by atoms with Gasteiger partial charge in [-0.2, -0.15) is 0 Å². The van der Waals surface area contributed by atoms with Gasteiger partial charge in [0.25, 0.3) is 5.56 Å². The van der Waals surface area contributed by atoms with Crippen LogP contribution in [-0.4, -0.2) is 42.4 Å². The lowest BCUT2D eigenvalue weighted by atomic mass is 9.97. The van der Waals surface area contributed by atoms with E-state index in [4.69, 9.17) is 9.47 Å². The standard InChI is InChI=1S/C20H26N4O5/c1-22-17(11-18(25)23(2)20(22)27)24-7-5-6-13(12-24)19(26)21-14-8-15(28-3)10-16(9-14)29-4/h8-11,13H,5-7,12H2,1-4H3,(H,21,26)/t13-/m0/s1. The first-order chi connectivity index (χ1) is 13.8. The SMILES string of the molecule is COc1cc(NC(=O)[C@H]2CCCN(c3cc(=O)n(C)c(=O)n3C)C2)cc(OC)c1. The van der Waals surface area contributed by atoms with Crippen molar-refractivity contribution in [3.8, 4) is 11.5 Å². The molecule has 3 rings (SSSR count). The Morgan fingerprint density at radius 2 is 1.69 bits per heavy atom. The highest BCUT2D eigenvalue weighted by molar-refractivity contribution is 5.93. The van der Waals surface area contributed by atoms with Crippen LogP contribution in [0.25, 0.3) is 0 Å². The molecule has 1 amide bonds. The number of piperidine rings is 1. The smallest absolute Gasteiger partial charge is 0.332 e. The quantitative estimate of drug-likeness (QED) is 0.800. The van der Waals surface area contributed by atoms with Gasteiger partial charge >= 0.3 is 5.69 Å². The Labute approximate surface area is 168 Å². The summed E-state index contributed by atoms with van der Waals surface area (Å²) in [6.07, 6.45) is 1.51. The number of carbonyl (C=O) groups is 1. The van der Waals surface area contributed by atoms with Crippen LogP contribution in [0.4, 0.5) is 11.5 Å². The molecule has 0 unspecified atom stereocenters. The lowest BCUT2D eigenvalue weighted by molar-refractivity contribution is -0.120. The zero-order valence-electron chi connectivity index (χ0n) is 17.1. The molecule has 0 bridgehead atoms. The number of amides is 1. The molecule has 0 spiro atoms. The number of nitrogens with zero attached hydrogens (tertiary/aromatic N) is 3. The third-order valence-electron chi connectivity index (χ3n) is 5.24. The molecule has 1 aliphatic heterocycles. The predicted molar refractivity (Wildman–Crippen MR) is 110 cm³/mol. The molecular formula is C20H26N4O5. The van der Waals surface area contributed by atoms with Gasteiger partial charge in [-0.1, -0.05) is 0 Å². The number of methoxy groups -OCH3 is 2. The molecule has 1 atom stereocenters. The number of nitrogens with one attached hydrogen (secondary N) is 1. The van der Waals surface area contributed by atoms with Gasteiger partial charge in [-0.25, -0.2) is 4.79 Å². The normalized spacial score (nSPS) is 16.4. The molecule has 1 saturated heterocycles. The Hall–Kier alpha value is -3.23. The van der Waals surface area contributed by atoms with Crippen LogP contribution in [0.5, 0.6) is 11.5 Å². The maximum absolute atomic E-state index is 12.9. The zero-order valence-corrected chi connectivity index (χ0v) is 17.1. The molecule has 0 radical (unpaired) electrons. The van der Waals surface area contributed by atoms with Gasteiger partial charge in [0.2, 0.25) is 5.91 Å². The van der Waals surface area contributed by atoms with Gasteiger partial charge in [0.1, 0.15) is 17.3 Å². The van der Waals surface area contributed by atoms with E-state index >= 15 is 0 Å². The Kier molecular flexibility index (Phi) is 5.95. The summed E-state index contributed by atoms with van der Waals surface area (Å²) in [5, 5.41) is 2.92. The number of benzene rings is 1. The second-order valence-corrected chi connectivity index (χ2v) is 7.12. The van der Waals surface area contributed by atoms with Crippen molar-refractivity contribution in [1.82, 2.24) is 9.13 Å². The summed E-state index contributed by atoms with van der Waals surface area (Å²) in [7, 11) is 6.17. The van der Waals surface area contributed by atoms with Crippen molar-refractivity contribution < 1.29 is 14.3 Å². The maximum atomic E-state index is 12.9. The summed E-state index contributed by atoms with van der Waals surface area (Å²) in [5.41, 5.74) is -0.162. The van der Waals surface area contributed by atoms with Crippen LogP contribution >= 0.6 is 0 Å². The van der Waals surface area contributed by atoms with Gasteiger partial charge < -0.3 is 19.7 Å². The van der Waals surface area contributed by atoms with Crippen molar-refractivity contribution in [2.45, 2.75) is 12.8 Å². The van der Waals surface area contributed by atoms with E-state index in [9.17, 15) is 14.4 Å². The van der Waals surface area contributed by atoms with Crippen molar-refractivity contribution in [3.05, 3.63) is 45.1 Å². The van der Waals surface area contributed by atoms with Gasteiger partial charge in [0.15, 0.2) is 0 Å². The fourth-order valence-electron chi connectivity index (χ4n) is 3.55. The number of anilines is 2. The molecule has 2 aromatic rings. The van der Waals surface area contributed by atoms with Gasteiger partial charge in [-0.15, -0.1) is 0 Å². The second kappa shape index (κ2) is 8.42. The molecule has 1 N–H and O–H groups in total. The number of carbonyl (C=O) groups excluding carboxylic acids is 1. The molecule has 9 nitrogen and oxygen atoms in total. The Balaban J connectivity index is 1.79. The van der Waals surface area contributed by atoms with Crippen LogP contribution in [0.1, 0.15) is 12.8 Å². The van der Waals surface area contributed by atoms with E-state index in [2.05, 4.69) is 5.32 Å². The summed E-state index contributed by atoms with van der Waals surface area (Å²) < 4.78 is 13.0. The Morgan fingerprint density at radius 1 is 1.03 bits per heavy atom. The number of hydrogen-bond donors (Lipinski definition) is 1. The van der Waals surface area contributed by atoms with Crippen molar-refractivity contribution in [2.24, 2.45) is 20.0 Å². The van der Waals surface area contributed by atoms with E-state index in [0.717, 1.165) is 17.4 Å². The maximum Gasteiger partial charge on any atom is 0.332 e. The summed E-state index contributed by atoms with van der Waals surface area (Å²) >= 11 is 0. The van der Waals surface area contributed by atoms with E-state index < -0.39 is 0 Å². The molecule has 0 saturated carbocycles. The first kappa shape index (κ1) is 20.5. The van der Waals surface area contributed by atoms with E-state index in [1.165, 1.54) is 17.7 Å². The summed E-state index contributed by atoms with van der Waals surface area (Å²) in [6.45, 7) is 1.10. The van der Waals surface area contributed by atoms with E-state index in [1.807, 2.05) is 4.90 Å². The number of hydrogen-bond acceptors (Lipinski definition) is 6. The molecule has 1 aromatic carbocycles. The van der Waals surface area contributed by atoms with Crippen LogP contribution in [-0.2, 0) is 18.9 Å². The van der Waals surface area contributed by atoms with Crippen LogP contribution in [0.3, 0.4) is 0 Å². The minimum atomic E-state index is -0.387. The summed E-state index contributed by atoms with van der Waals surface area (Å²) in [5.74, 6) is 1.29. The average Bonchev–Trinajstić information content (AvgIpc) is 2.74.